The summed E-state index contributed by atoms with van der Waals surface area (Å²) in [5.74, 6) is 3.13. The highest BCUT2D eigenvalue weighted by molar-refractivity contribution is 8.06. The molecule has 1 aromatic rings. The lowest BCUT2D eigenvalue weighted by Crippen LogP contribution is -2.22. The smallest absolute Gasteiger partial charge is 0.186 e. The van der Waals surface area contributed by atoms with E-state index in [1.807, 2.05) is 23.5 Å². The van der Waals surface area contributed by atoms with Crippen molar-refractivity contribution >= 4 is 29.3 Å². The Bertz CT molecular complexity index is 456. The molecule has 0 amide bonds. The van der Waals surface area contributed by atoms with Gasteiger partial charge in [0.05, 0.1) is 10.9 Å². The fourth-order valence-electron chi connectivity index (χ4n) is 2.21. The highest BCUT2D eigenvalue weighted by atomic mass is 32.2. The third-order valence-electron chi connectivity index (χ3n) is 3.28. The fourth-order valence-corrected chi connectivity index (χ4v) is 5.20. The van der Waals surface area contributed by atoms with Crippen LogP contribution in [0.25, 0.3) is 0 Å². The van der Waals surface area contributed by atoms with E-state index in [9.17, 15) is 4.39 Å². The summed E-state index contributed by atoms with van der Waals surface area (Å²) in [4.78, 5) is 8.86. The summed E-state index contributed by atoms with van der Waals surface area (Å²) >= 11 is 3.88. The normalized spacial score (nSPS) is 22.8. The van der Waals surface area contributed by atoms with Crippen molar-refractivity contribution in [1.82, 2.24) is 9.97 Å². The number of aryl methyl sites for hydroxylation is 1. The van der Waals surface area contributed by atoms with Crippen molar-refractivity contribution in [2.24, 2.45) is 0 Å². The maximum absolute atomic E-state index is 14.1. The minimum atomic E-state index is -0.316. The van der Waals surface area contributed by atoms with Crippen LogP contribution < -0.4 is 5.32 Å². The Labute approximate surface area is 128 Å². The van der Waals surface area contributed by atoms with E-state index in [2.05, 4.69) is 29.1 Å². The maximum atomic E-state index is 14.1. The van der Waals surface area contributed by atoms with Crippen molar-refractivity contribution in [3.8, 4) is 0 Å². The lowest BCUT2D eigenvalue weighted by Gasteiger charge is -2.29. The summed E-state index contributed by atoms with van der Waals surface area (Å²) in [5, 5.41) is 3.88. The van der Waals surface area contributed by atoms with E-state index in [1.165, 1.54) is 5.75 Å². The molecule has 0 spiro atoms. The van der Waals surface area contributed by atoms with Gasteiger partial charge in [-0.05, 0) is 19.8 Å². The summed E-state index contributed by atoms with van der Waals surface area (Å²) in [6.45, 7) is 6.71. The van der Waals surface area contributed by atoms with E-state index in [1.54, 1.807) is 6.92 Å². The van der Waals surface area contributed by atoms with Crippen molar-refractivity contribution in [1.29, 1.82) is 0 Å². The van der Waals surface area contributed by atoms with Crippen LogP contribution in [0.4, 0.5) is 10.2 Å². The van der Waals surface area contributed by atoms with Crippen LogP contribution in [-0.2, 0) is 0 Å². The Kier molecular flexibility index (Phi) is 5.96. The molecular weight excluding hydrogens is 293 g/mol. The number of hydrogen-bond donors (Lipinski definition) is 1. The van der Waals surface area contributed by atoms with Gasteiger partial charge >= 0.3 is 0 Å². The zero-order valence-corrected chi connectivity index (χ0v) is 13.9. The molecule has 0 bridgehead atoms. The number of nitrogens with zero attached hydrogens (tertiary/aromatic N) is 2. The van der Waals surface area contributed by atoms with Gasteiger partial charge in [-0.15, -0.1) is 11.8 Å². The molecule has 1 aliphatic rings. The van der Waals surface area contributed by atoms with Crippen LogP contribution in [0.2, 0.25) is 0 Å². The number of thioether (sulfide) groups is 2. The Morgan fingerprint density at radius 3 is 2.70 bits per heavy atom. The lowest BCUT2D eigenvalue weighted by atomic mass is 10.2. The van der Waals surface area contributed by atoms with Gasteiger partial charge in [0.2, 0.25) is 0 Å². The second-order valence-corrected chi connectivity index (χ2v) is 7.46. The molecule has 0 aromatic carbocycles. The molecule has 2 rings (SSSR count). The number of rotatable bonds is 5. The zero-order valence-electron chi connectivity index (χ0n) is 12.3. The van der Waals surface area contributed by atoms with Crippen molar-refractivity contribution in [3.05, 3.63) is 17.3 Å². The van der Waals surface area contributed by atoms with Crippen molar-refractivity contribution < 1.29 is 4.39 Å². The Morgan fingerprint density at radius 2 is 2.00 bits per heavy atom. The van der Waals surface area contributed by atoms with Crippen LogP contribution in [0.15, 0.2) is 0 Å². The van der Waals surface area contributed by atoms with Crippen molar-refractivity contribution in [2.75, 3.05) is 23.4 Å². The first-order chi connectivity index (χ1) is 9.67. The zero-order chi connectivity index (χ0) is 14.5. The van der Waals surface area contributed by atoms with Gasteiger partial charge in [-0.1, -0.05) is 13.8 Å². The largest absolute Gasteiger partial charge is 0.368 e. The highest BCUT2D eigenvalue weighted by Crippen LogP contribution is 2.43. The number of halogens is 1. The standard InChI is InChI=1S/C14H22FN3S2/c1-4-6-16-13-11(15)9(3)17-14(18-13)12-10(5-2)19-7-8-20-12/h10,12H,4-8H2,1-3H3,(H,16,17,18). The molecule has 2 atom stereocenters. The third-order valence-corrected chi connectivity index (χ3v) is 6.53. The van der Waals surface area contributed by atoms with Crippen LogP contribution >= 0.6 is 23.5 Å². The molecule has 6 heteroatoms. The first kappa shape index (κ1) is 15.9. The molecule has 0 aliphatic carbocycles. The van der Waals surface area contributed by atoms with Gasteiger partial charge in [0, 0.05) is 23.3 Å². The van der Waals surface area contributed by atoms with E-state index in [0.717, 1.165) is 31.0 Å². The molecule has 1 fully saturated rings. The Hall–Kier alpha value is -0.490. The first-order valence-electron chi connectivity index (χ1n) is 7.18. The summed E-state index contributed by atoms with van der Waals surface area (Å²) in [6.07, 6.45) is 2.04. The average molecular weight is 315 g/mol. The molecule has 1 saturated heterocycles. The minimum Gasteiger partial charge on any atom is -0.368 e. The number of nitrogens with one attached hydrogen (secondary N) is 1. The summed E-state index contributed by atoms with van der Waals surface area (Å²) in [6, 6.07) is 0. The topological polar surface area (TPSA) is 37.8 Å². The van der Waals surface area contributed by atoms with E-state index < -0.39 is 0 Å². The number of anilines is 1. The quantitative estimate of drug-likeness (QED) is 0.887. The monoisotopic (exact) mass is 315 g/mol. The molecule has 112 valence electrons. The minimum absolute atomic E-state index is 0.278. The van der Waals surface area contributed by atoms with E-state index in [4.69, 9.17) is 0 Å². The average Bonchev–Trinajstić information content (AvgIpc) is 2.48. The molecular formula is C14H22FN3S2. The highest BCUT2D eigenvalue weighted by Gasteiger charge is 2.29. The molecule has 0 saturated carbocycles. The van der Waals surface area contributed by atoms with Gasteiger partial charge in [-0.25, -0.2) is 14.4 Å². The van der Waals surface area contributed by atoms with Crippen LogP contribution in [0, 0.1) is 12.7 Å². The Balaban J connectivity index is 2.28. The van der Waals surface area contributed by atoms with Gasteiger partial charge < -0.3 is 5.32 Å². The third kappa shape index (κ3) is 3.58. The van der Waals surface area contributed by atoms with Crippen LogP contribution in [-0.4, -0.2) is 33.3 Å². The van der Waals surface area contributed by atoms with Crippen molar-refractivity contribution in [3.63, 3.8) is 0 Å². The van der Waals surface area contributed by atoms with Gasteiger partial charge in [0.25, 0.3) is 0 Å². The molecule has 20 heavy (non-hydrogen) atoms. The van der Waals surface area contributed by atoms with Crippen LogP contribution in [0.5, 0.6) is 0 Å². The lowest BCUT2D eigenvalue weighted by molar-refractivity contribution is 0.596. The molecule has 2 heterocycles. The SMILES string of the molecule is CCCNc1nc(C2SCCSC2CC)nc(C)c1F. The Morgan fingerprint density at radius 1 is 1.25 bits per heavy atom. The predicted octanol–water partition coefficient (Wildman–Crippen LogP) is 4.05. The second-order valence-electron chi connectivity index (χ2n) is 4.87. The summed E-state index contributed by atoms with van der Waals surface area (Å²) < 4.78 is 14.1. The number of hydrogen-bond acceptors (Lipinski definition) is 5. The first-order valence-corrected chi connectivity index (χ1v) is 9.28. The van der Waals surface area contributed by atoms with Crippen molar-refractivity contribution in [2.45, 2.75) is 44.1 Å². The predicted molar refractivity (Wildman–Crippen MR) is 87.2 cm³/mol. The number of aromatic nitrogens is 2. The molecule has 1 N–H and O–H groups in total. The molecule has 0 radical (unpaired) electrons. The van der Waals surface area contributed by atoms with Gasteiger partial charge in [-0.2, -0.15) is 11.8 Å². The molecule has 1 aliphatic heterocycles. The summed E-state index contributed by atoms with van der Waals surface area (Å²) in [5.41, 5.74) is 0.444. The second kappa shape index (κ2) is 7.50. The molecule has 2 unspecified atom stereocenters. The molecule has 1 aromatic heterocycles. The van der Waals surface area contributed by atoms with E-state index in [-0.39, 0.29) is 11.1 Å². The van der Waals surface area contributed by atoms with Crippen LogP contribution in [0.1, 0.15) is 43.5 Å². The molecule has 3 nitrogen and oxygen atoms in total. The van der Waals surface area contributed by atoms with Gasteiger partial charge in [0.15, 0.2) is 11.6 Å². The van der Waals surface area contributed by atoms with Crippen LogP contribution in [0.3, 0.4) is 0 Å². The van der Waals surface area contributed by atoms with Gasteiger partial charge in [0.1, 0.15) is 5.82 Å². The van der Waals surface area contributed by atoms with Gasteiger partial charge in [-0.3, -0.25) is 0 Å². The maximum Gasteiger partial charge on any atom is 0.186 e. The fraction of sp³-hybridized carbons (Fsp3) is 0.714. The van der Waals surface area contributed by atoms with E-state index >= 15 is 0 Å². The van der Waals surface area contributed by atoms with E-state index in [0.29, 0.717) is 16.8 Å². The summed E-state index contributed by atoms with van der Waals surface area (Å²) in [7, 11) is 0.